The highest BCUT2D eigenvalue weighted by molar-refractivity contribution is 4.79. The summed E-state index contributed by atoms with van der Waals surface area (Å²) in [6, 6.07) is 0. The fourth-order valence-corrected chi connectivity index (χ4v) is 1.85. The lowest BCUT2D eigenvalue weighted by Crippen LogP contribution is -1.96. The van der Waals surface area contributed by atoms with Crippen molar-refractivity contribution in [1.82, 2.24) is 0 Å². The first-order valence-electron chi connectivity index (χ1n) is 7.64. The average Bonchev–Trinajstić information content (AvgIpc) is 2.35. The Bertz CT molecular complexity index is 152. The smallest absolute Gasteiger partial charge is 0.0468 e. The van der Waals surface area contributed by atoms with Crippen LogP contribution >= 0.6 is 0 Å². The third-order valence-corrected chi connectivity index (χ3v) is 2.95. The summed E-state index contributed by atoms with van der Waals surface area (Å²) in [4.78, 5) is 0. The van der Waals surface area contributed by atoms with Crippen molar-refractivity contribution >= 4 is 0 Å². The molecule has 0 bridgehead atoms. The molecule has 17 heavy (non-hydrogen) atoms. The summed E-state index contributed by atoms with van der Waals surface area (Å²) in [5.74, 6) is 0. The summed E-state index contributed by atoms with van der Waals surface area (Å²) in [6.07, 6.45) is 17.6. The molecule has 0 aliphatic carbocycles. The largest absolute Gasteiger partial charge is 0.381 e. The van der Waals surface area contributed by atoms with E-state index in [1.165, 1.54) is 57.8 Å². The molecule has 0 saturated heterocycles. The van der Waals surface area contributed by atoms with E-state index in [1.807, 2.05) is 0 Å². The molecule has 0 aromatic rings. The zero-order valence-corrected chi connectivity index (χ0v) is 12.0. The second-order valence-electron chi connectivity index (χ2n) is 4.76. The topological polar surface area (TPSA) is 9.23 Å². The molecule has 1 heteroatoms. The highest BCUT2D eigenvalue weighted by Crippen LogP contribution is 2.06. The molecule has 0 radical (unpaired) electrons. The maximum absolute atomic E-state index is 5.61. The number of allylic oxidation sites excluding steroid dienone is 2. The third-order valence-electron chi connectivity index (χ3n) is 2.95. The monoisotopic (exact) mass is 240 g/mol. The van der Waals surface area contributed by atoms with E-state index in [0.29, 0.717) is 0 Å². The van der Waals surface area contributed by atoms with Crippen LogP contribution in [0.4, 0.5) is 0 Å². The van der Waals surface area contributed by atoms with Crippen molar-refractivity contribution in [3.05, 3.63) is 12.2 Å². The number of hydrogen-bond donors (Lipinski definition) is 0. The Morgan fingerprint density at radius 2 is 1.35 bits per heavy atom. The standard InChI is InChI=1S/C16H32O/c1-3-5-7-9-10-12-14-16-17-15-13-11-8-6-4-2/h6,8H,3-5,7,9-16H2,1-2H3/b8-6+. The highest BCUT2D eigenvalue weighted by Gasteiger charge is 1.91. The molecule has 1 nitrogen and oxygen atoms in total. The Kier molecular flexibility index (Phi) is 15.4. The van der Waals surface area contributed by atoms with E-state index in [0.717, 1.165) is 19.6 Å². The summed E-state index contributed by atoms with van der Waals surface area (Å²) in [6.45, 7) is 6.34. The molecular formula is C16H32O. The molecule has 102 valence electrons. The van der Waals surface area contributed by atoms with E-state index < -0.39 is 0 Å². The normalized spacial score (nSPS) is 11.4. The van der Waals surface area contributed by atoms with Gasteiger partial charge < -0.3 is 4.74 Å². The molecule has 0 heterocycles. The fourth-order valence-electron chi connectivity index (χ4n) is 1.85. The van der Waals surface area contributed by atoms with Crippen molar-refractivity contribution in [1.29, 1.82) is 0 Å². The maximum Gasteiger partial charge on any atom is 0.0468 e. The molecule has 0 aromatic carbocycles. The van der Waals surface area contributed by atoms with Gasteiger partial charge in [0.15, 0.2) is 0 Å². The van der Waals surface area contributed by atoms with Crippen molar-refractivity contribution in [3.63, 3.8) is 0 Å². The van der Waals surface area contributed by atoms with E-state index >= 15 is 0 Å². The van der Waals surface area contributed by atoms with Crippen molar-refractivity contribution in [2.75, 3.05) is 13.2 Å². The predicted octanol–water partition coefficient (Wildman–Crippen LogP) is 5.50. The van der Waals surface area contributed by atoms with Gasteiger partial charge in [-0.15, -0.1) is 0 Å². The first-order chi connectivity index (χ1) is 8.41. The van der Waals surface area contributed by atoms with Crippen LogP contribution in [0.1, 0.15) is 78.1 Å². The Morgan fingerprint density at radius 1 is 0.706 bits per heavy atom. The quantitative estimate of drug-likeness (QED) is 0.305. The minimum Gasteiger partial charge on any atom is -0.381 e. The van der Waals surface area contributed by atoms with Gasteiger partial charge in [-0.05, 0) is 25.7 Å². The van der Waals surface area contributed by atoms with Gasteiger partial charge in [0.05, 0.1) is 0 Å². The van der Waals surface area contributed by atoms with Gasteiger partial charge in [-0.3, -0.25) is 0 Å². The predicted molar refractivity (Wildman–Crippen MR) is 77.5 cm³/mol. The van der Waals surface area contributed by atoms with E-state index in [4.69, 9.17) is 4.74 Å². The molecule has 0 aliphatic rings. The van der Waals surface area contributed by atoms with Crippen LogP contribution < -0.4 is 0 Å². The molecule has 0 atom stereocenters. The van der Waals surface area contributed by atoms with Gasteiger partial charge in [0.25, 0.3) is 0 Å². The van der Waals surface area contributed by atoms with Crippen LogP contribution in [0.15, 0.2) is 12.2 Å². The fraction of sp³-hybridized carbons (Fsp3) is 0.875. The zero-order valence-electron chi connectivity index (χ0n) is 12.0. The molecule has 0 unspecified atom stereocenters. The second kappa shape index (κ2) is 15.7. The van der Waals surface area contributed by atoms with Gasteiger partial charge in [0.1, 0.15) is 0 Å². The number of rotatable bonds is 13. The number of hydrogen-bond acceptors (Lipinski definition) is 1. The van der Waals surface area contributed by atoms with Gasteiger partial charge in [-0.1, -0.05) is 64.5 Å². The second-order valence-corrected chi connectivity index (χ2v) is 4.76. The van der Waals surface area contributed by atoms with Crippen molar-refractivity contribution in [2.45, 2.75) is 78.1 Å². The minimum atomic E-state index is 0.934. The SMILES string of the molecule is CC/C=C/CCCOCCCCCCCCC. The van der Waals surface area contributed by atoms with E-state index in [9.17, 15) is 0 Å². The summed E-state index contributed by atoms with van der Waals surface area (Å²) in [5.41, 5.74) is 0. The van der Waals surface area contributed by atoms with E-state index in [-0.39, 0.29) is 0 Å². The Balaban J connectivity index is 2.91. The summed E-state index contributed by atoms with van der Waals surface area (Å²) < 4.78 is 5.61. The Hall–Kier alpha value is -0.300. The summed E-state index contributed by atoms with van der Waals surface area (Å²) >= 11 is 0. The molecule has 0 rings (SSSR count). The van der Waals surface area contributed by atoms with E-state index in [2.05, 4.69) is 26.0 Å². The van der Waals surface area contributed by atoms with Crippen molar-refractivity contribution < 1.29 is 4.74 Å². The van der Waals surface area contributed by atoms with Gasteiger partial charge in [-0.25, -0.2) is 0 Å². The summed E-state index contributed by atoms with van der Waals surface area (Å²) in [5, 5.41) is 0. The Morgan fingerprint density at radius 3 is 2.06 bits per heavy atom. The number of ether oxygens (including phenoxy) is 1. The van der Waals surface area contributed by atoms with Crippen LogP contribution in [-0.2, 0) is 4.74 Å². The van der Waals surface area contributed by atoms with Gasteiger partial charge in [0, 0.05) is 13.2 Å². The Labute approximate surface area is 109 Å². The molecule has 0 aromatic heterocycles. The minimum absolute atomic E-state index is 0.934. The molecule has 0 aliphatic heterocycles. The molecular weight excluding hydrogens is 208 g/mol. The highest BCUT2D eigenvalue weighted by atomic mass is 16.5. The molecule has 0 amide bonds. The van der Waals surface area contributed by atoms with Crippen LogP contribution in [0.2, 0.25) is 0 Å². The maximum atomic E-state index is 5.61. The van der Waals surface area contributed by atoms with Crippen LogP contribution in [0.3, 0.4) is 0 Å². The lowest BCUT2D eigenvalue weighted by atomic mass is 10.1. The third kappa shape index (κ3) is 15.7. The molecule has 0 fully saturated rings. The van der Waals surface area contributed by atoms with Crippen LogP contribution in [0.5, 0.6) is 0 Å². The average molecular weight is 240 g/mol. The molecule has 0 saturated carbocycles. The zero-order chi connectivity index (χ0) is 12.6. The first-order valence-corrected chi connectivity index (χ1v) is 7.64. The van der Waals surface area contributed by atoms with E-state index in [1.54, 1.807) is 0 Å². The van der Waals surface area contributed by atoms with Crippen LogP contribution in [-0.4, -0.2) is 13.2 Å². The van der Waals surface area contributed by atoms with Crippen LogP contribution in [0, 0.1) is 0 Å². The lowest BCUT2D eigenvalue weighted by Gasteiger charge is -2.03. The van der Waals surface area contributed by atoms with Crippen molar-refractivity contribution in [3.8, 4) is 0 Å². The van der Waals surface area contributed by atoms with Gasteiger partial charge in [-0.2, -0.15) is 0 Å². The lowest BCUT2D eigenvalue weighted by molar-refractivity contribution is 0.128. The summed E-state index contributed by atoms with van der Waals surface area (Å²) in [7, 11) is 0. The van der Waals surface area contributed by atoms with Gasteiger partial charge >= 0.3 is 0 Å². The van der Waals surface area contributed by atoms with Crippen molar-refractivity contribution in [2.24, 2.45) is 0 Å². The van der Waals surface area contributed by atoms with Crippen LogP contribution in [0.25, 0.3) is 0 Å². The molecule has 0 spiro atoms. The first kappa shape index (κ1) is 16.7. The molecule has 0 N–H and O–H groups in total. The number of unbranched alkanes of at least 4 members (excludes halogenated alkanes) is 7. The van der Waals surface area contributed by atoms with Gasteiger partial charge in [0.2, 0.25) is 0 Å².